The van der Waals surface area contributed by atoms with Gasteiger partial charge in [0.25, 0.3) is 0 Å². The first-order chi connectivity index (χ1) is 12.5. The Kier molecular flexibility index (Phi) is 7.09. The Hall–Kier alpha value is -2.95. The average molecular weight is 352 g/mol. The lowest BCUT2D eigenvalue weighted by Gasteiger charge is -2.23. The molecule has 136 valence electrons. The molecule has 2 rings (SSSR count). The van der Waals surface area contributed by atoms with Crippen LogP contribution in [0.4, 0.5) is 0 Å². The Morgan fingerprint density at radius 1 is 1.19 bits per heavy atom. The number of aryl methyl sites for hydroxylation is 1. The summed E-state index contributed by atoms with van der Waals surface area (Å²) in [5.41, 5.74) is 2.88. The number of pyridine rings is 1. The van der Waals surface area contributed by atoms with Gasteiger partial charge >= 0.3 is 5.97 Å². The van der Waals surface area contributed by atoms with Crippen LogP contribution in [0.2, 0.25) is 0 Å². The zero-order chi connectivity index (χ0) is 18.9. The fraction of sp³-hybridized carbons (Fsp3) is 0.286. The molecule has 0 saturated carbocycles. The molecule has 1 aromatic carbocycles. The number of hydrogen-bond acceptors (Lipinski definition) is 4. The van der Waals surface area contributed by atoms with Crippen LogP contribution in [0.15, 0.2) is 54.7 Å². The van der Waals surface area contributed by atoms with Crippen molar-refractivity contribution in [2.45, 2.75) is 20.4 Å². The highest BCUT2D eigenvalue weighted by molar-refractivity contribution is 5.92. The number of carbonyl (C=O) groups is 2. The van der Waals surface area contributed by atoms with Crippen molar-refractivity contribution in [3.63, 3.8) is 0 Å². The van der Waals surface area contributed by atoms with Crippen molar-refractivity contribution in [3.8, 4) is 0 Å². The minimum absolute atomic E-state index is 0.174. The lowest BCUT2D eigenvalue weighted by Crippen LogP contribution is -2.36. The van der Waals surface area contributed by atoms with Crippen molar-refractivity contribution >= 4 is 18.0 Å². The number of benzene rings is 1. The Labute approximate surface area is 154 Å². The molecule has 1 unspecified atom stereocenters. The van der Waals surface area contributed by atoms with Crippen molar-refractivity contribution in [1.29, 1.82) is 0 Å². The zero-order valence-electron chi connectivity index (χ0n) is 15.4. The molecule has 0 bridgehead atoms. The highest BCUT2D eigenvalue weighted by Crippen LogP contribution is 2.10. The standard InChI is InChI=1S/C21H24N2O3/c1-16-7-9-18(10-8-16)11-12-20(24)23(14-17(2)21(25)26-3)15-19-6-4-5-13-22-19/h4-13,17H,14-15H2,1-3H3/b12-11+. The molecular formula is C21H24N2O3. The quantitative estimate of drug-likeness (QED) is 0.567. The molecule has 1 heterocycles. The molecule has 1 amide bonds. The van der Waals surface area contributed by atoms with Gasteiger partial charge in [-0.05, 0) is 30.7 Å². The van der Waals surface area contributed by atoms with Gasteiger partial charge < -0.3 is 9.64 Å². The highest BCUT2D eigenvalue weighted by Gasteiger charge is 2.20. The smallest absolute Gasteiger partial charge is 0.310 e. The predicted molar refractivity (Wildman–Crippen MR) is 101 cm³/mol. The molecule has 5 nitrogen and oxygen atoms in total. The second-order valence-electron chi connectivity index (χ2n) is 6.21. The van der Waals surface area contributed by atoms with E-state index in [0.29, 0.717) is 6.54 Å². The monoisotopic (exact) mass is 352 g/mol. The molecule has 1 atom stereocenters. The van der Waals surface area contributed by atoms with Gasteiger partial charge in [0.1, 0.15) is 0 Å². The van der Waals surface area contributed by atoms with Crippen molar-refractivity contribution in [3.05, 3.63) is 71.6 Å². The number of amides is 1. The summed E-state index contributed by atoms with van der Waals surface area (Å²) in [7, 11) is 1.35. The average Bonchev–Trinajstić information content (AvgIpc) is 2.66. The van der Waals surface area contributed by atoms with E-state index in [-0.39, 0.29) is 18.4 Å². The van der Waals surface area contributed by atoms with Crippen molar-refractivity contribution in [2.24, 2.45) is 5.92 Å². The van der Waals surface area contributed by atoms with Gasteiger partial charge in [0, 0.05) is 18.8 Å². The lowest BCUT2D eigenvalue weighted by atomic mass is 10.1. The molecule has 0 aliphatic rings. The first-order valence-electron chi connectivity index (χ1n) is 8.51. The van der Waals surface area contributed by atoms with E-state index in [0.717, 1.165) is 16.8 Å². The van der Waals surface area contributed by atoms with E-state index in [4.69, 9.17) is 4.74 Å². The minimum atomic E-state index is -0.416. The van der Waals surface area contributed by atoms with Crippen LogP contribution in [-0.4, -0.2) is 35.4 Å². The fourth-order valence-corrected chi connectivity index (χ4v) is 2.48. The Morgan fingerprint density at radius 2 is 1.92 bits per heavy atom. The van der Waals surface area contributed by atoms with Crippen LogP contribution >= 0.6 is 0 Å². The van der Waals surface area contributed by atoms with Crippen LogP contribution in [0.1, 0.15) is 23.7 Å². The third-order valence-corrected chi connectivity index (χ3v) is 3.98. The molecule has 0 radical (unpaired) electrons. The Balaban J connectivity index is 2.13. The van der Waals surface area contributed by atoms with Gasteiger partial charge in [-0.2, -0.15) is 0 Å². The summed E-state index contributed by atoms with van der Waals surface area (Å²) in [4.78, 5) is 30.3. The van der Waals surface area contributed by atoms with Crippen LogP contribution in [0.3, 0.4) is 0 Å². The summed E-state index contributed by atoms with van der Waals surface area (Å²) in [5, 5.41) is 0. The number of nitrogens with zero attached hydrogens (tertiary/aromatic N) is 2. The van der Waals surface area contributed by atoms with Gasteiger partial charge in [0.15, 0.2) is 0 Å². The third kappa shape index (κ3) is 5.84. The molecule has 0 aliphatic carbocycles. The number of rotatable bonds is 7. The molecule has 0 saturated heterocycles. The number of methoxy groups -OCH3 is 1. The van der Waals surface area contributed by atoms with Gasteiger partial charge in [-0.25, -0.2) is 0 Å². The second-order valence-corrected chi connectivity index (χ2v) is 6.21. The molecular weight excluding hydrogens is 328 g/mol. The maximum Gasteiger partial charge on any atom is 0.310 e. The van der Waals surface area contributed by atoms with Crippen LogP contribution in [-0.2, 0) is 20.9 Å². The van der Waals surface area contributed by atoms with Crippen molar-refractivity contribution in [1.82, 2.24) is 9.88 Å². The van der Waals surface area contributed by atoms with Gasteiger partial charge in [0.2, 0.25) is 5.91 Å². The number of esters is 1. The van der Waals surface area contributed by atoms with Crippen LogP contribution in [0, 0.1) is 12.8 Å². The fourth-order valence-electron chi connectivity index (χ4n) is 2.48. The summed E-state index contributed by atoms with van der Waals surface area (Å²) in [6, 6.07) is 13.5. The summed E-state index contributed by atoms with van der Waals surface area (Å²) < 4.78 is 4.77. The van der Waals surface area contributed by atoms with E-state index in [1.165, 1.54) is 13.2 Å². The highest BCUT2D eigenvalue weighted by atomic mass is 16.5. The van der Waals surface area contributed by atoms with Crippen molar-refractivity contribution < 1.29 is 14.3 Å². The van der Waals surface area contributed by atoms with E-state index in [9.17, 15) is 9.59 Å². The zero-order valence-corrected chi connectivity index (χ0v) is 15.4. The van der Waals surface area contributed by atoms with E-state index in [1.807, 2.05) is 49.4 Å². The molecule has 0 spiro atoms. The van der Waals surface area contributed by atoms with E-state index >= 15 is 0 Å². The summed E-state index contributed by atoms with van der Waals surface area (Å²) >= 11 is 0. The summed E-state index contributed by atoms with van der Waals surface area (Å²) in [6.45, 7) is 4.36. The largest absolute Gasteiger partial charge is 0.469 e. The Morgan fingerprint density at radius 3 is 2.54 bits per heavy atom. The number of hydrogen-bond donors (Lipinski definition) is 0. The molecule has 2 aromatic rings. The molecule has 1 aromatic heterocycles. The van der Waals surface area contributed by atoms with Gasteiger partial charge in [-0.1, -0.05) is 42.8 Å². The SMILES string of the molecule is COC(=O)C(C)CN(Cc1ccccn1)C(=O)/C=C/c1ccc(C)cc1. The van der Waals surface area contributed by atoms with Crippen LogP contribution in [0.25, 0.3) is 6.08 Å². The van der Waals surface area contributed by atoms with Gasteiger partial charge in [-0.15, -0.1) is 0 Å². The predicted octanol–water partition coefficient (Wildman–Crippen LogP) is 3.24. The maximum atomic E-state index is 12.7. The number of ether oxygens (including phenoxy) is 1. The third-order valence-electron chi connectivity index (χ3n) is 3.98. The normalized spacial score (nSPS) is 12.0. The second kappa shape index (κ2) is 9.51. The van der Waals surface area contributed by atoms with Gasteiger partial charge in [0.05, 0.1) is 25.3 Å². The minimum Gasteiger partial charge on any atom is -0.469 e. The molecule has 0 N–H and O–H groups in total. The summed E-state index contributed by atoms with van der Waals surface area (Å²) in [6.07, 6.45) is 4.98. The summed E-state index contributed by atoms with van der Waals surface area (Å²) in [5.74, 6) is -0.932. The molecule has 5 heteroatoms. The number of carbonyl (C=O) groups excluding carboxylic acids is 2. The van der Waals surface area contributed by atoms with E-state index in [1.54, 1.807) is 24.1 Å². The maximum absolute atomic E-state index is 12.7. The first kappa shape index (κ1) is 19.4. The topological polar surface area (TPSA) is 59.5 Å². The van der Waals surface area contributed by atoms with Crippen molar-refractivity contribution in [2.75, 3.05) is 13.7 Å². The molecule has 0 fully saturated rings. The van der Waals surface area contributed by atoms with Gasteiger partial charge in [-0.3, -0.25) is 14.6 Å². The van der Waals surface area contributed by atoms with Crippen LogP contribution < -0.4 is 0 Å². The van der Waals surface area contributed by atoms with Crippen LogP contribution in [0.5, 0.6) is 0 Å². The van der Waals surface area contributed by atoms with E-state index in [2.05, 4.69) is 4.98 Å². The Bertz CT molecular complexity index is 755. The first-order valence-corrected chi connectivity index (χ1v) is 8.51. The van der Waals surface area contributed by atoms with E-state index < -0.39 is 5.92 Å². The lowest BCUT2D eigenvalue weighted by molar-refractivity contribution is -0.146. The molecule has 26 heavy (non-hydrogen) atoms. The molecule has 0 aliphatic heterocycles. The number of aromatic nitrogens is 1.